The number of hydrogen-bond donors (Lipinski definition) is 6. The minimum Gasteiger partial charge on any atom is -0.396 e. The second-order valence-electron chi connectivity index (χ2n) is 2.47. The Labute approximate surface area is 69.3 Å². The topological polar surface area (TPSA) is 121 Å². The van der Waals surface area contributed by atoms with Crippen molar-refractivity contribution in [3.63, 3.8) is 0 Å². The van der Waals surface area contributed by atoms with Crippen LogP contribution in [0, 0.1) is 0 Å². The summed E-state index contributed by atoms with van der Waals surface area (Å²) in [6, 6.07) is 0. The van der Waals surface area contributed by atoms with Crippen molar-refractivity contribution >= 4 is 0 Å². The predicted molar refractivity (Wildman–Crippen MR) is 37.9 cm³/mol. The van der Waals surface area contributed by atoms with E-state index in [1.54, 1.807) is 0 Å². The second-order valence-corrected chi connectivity index (χ2v) is 2.47. The molecule has 6 nitrogen and oxygen atoms in total. The van der Waals surface area contributed by atoms with Crippen LogP contribution in [0.4, 0.5) is 0 Å². The van der Waals surface area contributed by atoms with E-state index in [0.717, 1.165) is 0 Å². The number of rotatable bonds is 5. The van der Waals surface area contributed by atoms with Crippen molar-refractivity contribution in [1.29, 1.82) is 0 Å². The molecule has 0 saturated carbocycles. The molecule has 0 aliphatic heterocycles. The van der Waals surface area contributed by atoms with Crippen LogP contribution in [0.2, 0.25) is 0 Å². The fraction of sp³-hybridized carbons (Fsp3) is 1.00. The van der Waals surface area contributed by atoms with Crippen molar-refractivity contribution in [2.45, 2.75) is 31.0 Å². The Balaban J connectivity index is 3.90. The molecule has 0 aromatic heterocycles. The van der Waals surface area contributed by atoms with Crippen LogP contribution in [0.3, 0.4) is 0 Å². The molecule has 0 bridgehead atoms. The molecule has 12 heavy (non-hydrogen) atoms. The van der Waals surface area contributed by atoms with Gasteiger partial charge in [-0.05, 0) is 6.42 Å². The summed E-state index contributed by atoms with van der Waals surface area (Å²) in [4.78, 5) is 0. The first-order valence-electron chi connectivity index (χ1n) is 3.52. The van der Waals surface area contributed by atoms with Crippen LogP contribution in [0.1, 0.15) is 6.42 Å². The van der Waals surface area contributed by atoms with Gasteiger partial charge in [0, 0.05) is 6.61 Å². The molecular weight excluding hydrogens is 168 g/mol. The Kier molecular flexibility index (Phi) is 5.31. The van der Waals surface area contributed by atoms with Crippen molar-refractivity contribution in [2.75, 3.05) is 6.61 Å². The van der Waals surface area contributed by atoms with Gasteiger partial charge >= 0.3 is 0 Å². The summed E-state index contributed by atoms with van der Waals surface area (Å²) in [5.41, 5.74) is 0. The van der Waals surface area contributed by atoms with Crippen LogP contribution >= 0.6 is 0 Å². The van der Waals surface area contributed by atoms with E-state index in [9.17, 15) is 0 Å². The largest absolute Gasteiger partial charge is 0.396 e. The normalized spacial score (nSPS) is 19.2. The third kappa shape index (κ3) is 3.44. The number of aliphatic hydroxyl groups excluding tert-OH is 5. The predicted octanol–water partition coefficient (Wildman–Crippen LogP) is -3.24. The monoisotopic (exact) mass is 182 g/mol. The molecule has 0 spiro atoms. The summed E-state index contributed by atoms with van der Waals surface area (Å²) < 4.78 is 0. The minimum atomic E-state index is -2.10. The highest BCUT2D eigenvalue weighted by atomic mass is 16.5. The van der Waals surface area contributed by atoms with Gasteiger partial charge in [-0.15, -0.1) is 0 Å². The zero-order valence-electron chi connectivity index (χ0n) is 6.41. The lowest BCUT2D eigenvalue weighted by Crippen LogP contribution is -2.44. The van der Waals surface area contributed by atoms with Crippen LogP contribution in [-0.2, 0) is 0 Å². The summed E-state index contributed by atoms with van der Waals surface area (Å²) in [6.07, 6.45) is -7.10. The maximum absolute atomic E-state index is 8.96. The molecule has 74 valence electrons. The van der Waals surface area contributed by atoms with Crippen molar-refractivity contribution in [3.05, 3.63) is 0 Å². The van der Waals surface area contributed by atoms with Gasteiger partial charge in [-0.2, -0.15) is 0 Å². The highest BCUT2D eigenvalue weighted by Gasteiger charge is 2.28. The molecule has 3 atom stereocenters. The van der Waals surface area contributed by atoms with E-state index in [1.807, 2.05) is 0 Å². The van der Waals surface area contributed by atoms with E-state index in [2.05, 4.69) is 0 Å². The molecule has 2 unspecified atom stereocenters. The molecule has 0 rings (SSSR count). The van der Waals surface area contributed by atoms with E-state index >= 15 is 0 Å². The lowest BCUT2D eigenvalue weighted by atomic mass is 10.1. The molecular formula is C6H14O6. The zero-order chi connectivity index (χ0) is 9.72. The SMILES string of the molecule is OCCC(O)C(O)[C@@H](O)C(O)O. The Morgan fingerprint density at radius 2 is 1.33 bits per heavy atom. The van der Waals surface area contributed by atoms with Crippen LogP contribution in [0.5, 0.6) is 0 Å². The summed E-state index contributed by atoms with van der Waals surface area (Å²) in [6.45, 7) is -0.355. The zero-order valence-corrected chi connectivity index (χ0v) is 6.41. The van der Waals surface area contributed by atoms with Crippen molar-refractivity contribution in [2.24, 2.45) is 0 Å². The summed E-state index contributed by atoms with van der Waals surface area (Å²) in [7, 11) is 0. The highest BCUT2D eigenvalue weighted by Crippen LogP contribution is 2.05. The summed E-state index contributed by atoms with van der Waals surface area (Å²) in [5, 5.41) is 51.8. The fourth-order valence-corrected chi connectivity index (χ4v) is 0.707. The van der Waals surface area contributed by atoms with E-state index in [0.29, 0.717) is 0 Å². The quantitative estimate of drug-likeness (QED) is 0.248. The van der Waals surface area contributed by atoms with E-state index in [4.69, 9.17) is 30.6 Å². The molecule has 0 aliphatic carbocycles. The molecule has 6 N–H and O–H groups in total. The molecule has 0 aromatic carbocycles. The fourth-order valence-electron chi connectivity index (χ4n) is 0.707. The Morgan fingerprint density at radius 3 is 1.67 bits per heavy atom. The first-order chi connectivity index (χ1) is 5.50. The van der Waals surface area contributed by atoms with Crippen molar-refractivity contribution in [1.82, 2.24) is 0 Å². The van der Waals surface area contributed by atoms with E-state index in [1.165, 1.54) is 0 Å². The second kappa shape index (κ2) is 5.41. The van der Waals surface area contributed by atoms with Gasteiger partial charge in [0.1, 0.15) is 12.2 Å². The summed E-state index contributed by atoms with van der Waals surface area (Å²) >= 11 is 0. The van der Waals surface area contributed by atoms with Gasteiger partial charge in [-0.1, -0.05) is 0 Å². The van der Waals surface area contributed by atoms with Crippen LogP contribution in [0.15, 0.2) is 0 Å². The molecule has 0 aromatic rings. The summed E-state index contributed by atoms with van der Waals surface area (Å²) in [5.74, 6) is 0. The first-order valence-corrected chi connectivity index (χ1v) is 3.52. The maximum Gasteiger partial charge on any atom is 0.180 e. The lowest BCUT2D eigenvalue weighted by Gasteiger charge is -2.23. The van der Waals surface area contributed by atoms with Gasteiger partial charge in [-0.3, -0.25) is 0 Å². The van der Waals surface area contributed by atoms with Gasteiger partial charge in [0.15, 0.2) is 6.29 Å². The van der Waals surface area contributed by atoms with E-state index in [-0.39, 0.29) is 13.0 Å². The standard InChI is InChI=1S/C6H14O6/c7-2-1-3(8)4(9)5(10)6(11)12/h3-12H,1-2H2/t3?,4?,5-/m1/s1. The first kappa shape index (κ1) is 11.8. The van der Waals surface area contributed by atoms with E-state index < -0.39 is 24.6 Å². The molecule has 0 aliphatic rings. The smallest absolute Gasteiger partial charge is 0.180 e. The lowest BCUT2D eigenvalue weighted by molar-refractivity contribution is -0.178. The molecule has 0 radical (unpaired) electrons. The Hall–Kier alpha value is -0.240. The molecule has 0 heterocycles. The third-order valence-corrected chi connectivity index (χ3v) is 1.47. The molecule has 6 heteroatoms. The average molecular weight is 182 g/mol. The average Bonchev–Trinajstić information content (AvgIpc) is 2.02. The molecule has 0 saturated heterocycles. The minimum absolute atomic E-state index is 0.134. The van der Waals surface area contributed by atoms with Gasteiger partial charge in [0.25, 0.3) is 0 Å². The van der Waals surface area contributed by atoms with Gasteiger partial charge < -0.3 is 30.6 Å². The Morgan fingerprint density at radius 1 is 0.833 bits per heavy atom. The van der Waals surface area contributed by atoms with Crippen LogP contribution in [-0.4, -0.2) is 61.8 Å². The van der Waals surface area contributed by atoms with Crippen LogP contribution < -0.4 is 0 Å². The Bertz CT molecular complexity index is 117. The molecule has 0 fully saturated rings. The van der Waals surface area contributed by atoms with Crippen molar-refractivity contribution < 1.29 is 30.6 Å². The van der Waals surface area contributed by atoms with Crippen molar-refractivity contribution in [3.8, 4) is 0 Å². The maximum atomic E-state index is 8.96. The molecule has 0 amide bonds. The number of hydrogen-bond acceptors (Lipinski definition) is 6. The highest BCUT2D eigenvalue weighted by molar-refractivity contribution is 4.75. The van der Waals surface area contributed by atoms with Gasteiger partial charge in [0.05, 0.1) is 6.10 Å². The van der Waals surface area contributed by atoms with Gasteiger partial charge in [-0.25, -0.2) is 0 Å². The number of aliphatic hydroxyl groups is 6. The third-order valence-electron chi connectivity index (χ3n) is 1.47. The van der Waals surface area contributed by atoms with Crippen LogP contribution in [0.25, 0.3) is 0 Å². The van der Waals surface area contributed by atoms with Gasteiger partial charge in [0.2, 0.25) is 0 Å².